The van der Waals surface area contributed by atoms with Crippen LogP contribution in [0.2, 0.25) is 0 Å². The molecule has 1 heterocycles. The maximum atomic E-state index is 12.2. The van der Waals surface area contributed by atoms with Crippen LogP contribution < -0.4 is 14.8 Å². The van der Waals surface area contributed by atoms with Crippen molar-refractivity contribution in [2.75, 3.05) is 13.7 Å². The van der Waals surface area contributed by atoms with E-state index in [-0.39, 0.29) is 11.5 Å². The van der Waals surface area contributed by atoms with Gasteiger partial charge < -0.3 is 19.2 Å². The van der Waals surface area contributed by atoms with Crippen molar-refractivity contribution < 1.29 is 27.1 Å². The molecule has 1 N–H and O–H groups in total. The van der Waals surface area contributed by atoms with Crippen molar-refractivity contribution in [2.24, 2.45) is 0 Å². The minimum absolute atomic E-state index is 0.0650. The summed E-state index contributed by atoms with van der Waals surface area (Å²) in [5, 5.41) is 3.19. The molecule has 0 aliphatic rings. The van der Waals surface area contributed by atoms with Crippen LogP contribution in [0, 0.1) is 6.92 Å². The van der Waals surface area contributed by atoms with E-state index in [1.165, 1.54) is 13.2 Å². The standard InChI is InChI=1S/C16H18F3NO3/c1-11-3-5-13(23-11)9-20-8-12-4-6-14(15(7-12)21-2)22-10-16(17,18)19/h3-7,20H,8-10H2,1-2H3. The lowest BCUT2D eigenvalue weighted by molar-refractivity contribution is -0.153. The summed E-state index contributed by atoms with van der Waals surface area (Å²) in [5.41, 5.74) is 0.865. The van der Waals surface area contributed by atoms with Crippen LogP contribution in [0.4, 0.5) is 13.2 Å². The molecule has 0 aliphatic heterocycles. The van der Waals surface area contributed by atoms with Gasteiger partial charge in [-0.05, 0) is 36.8 Å². The first-order chi connectivity index (χ1) is 10.9. The van der Waals surface area contributed by atoms with Crippen molar-refractivity contribution in [1.29, 1.82) is 0 Å². The molecule has 1 aromatic carbocycles. The molecule has 0 aliphatic carbocycles. The largest absolute Gasteiger partial charge is 0.493 e. The molecule has 0 saturated carbocycles. The lowest BCUT2D eigenvalue weighted by Gasteiger charge is -2.13. The van der Waals surface area contributed by atoms with Crippen molar-refractivity contribution in [1.82, 2.24) is 5.32 Å². The van der Waals surface area contributed by atoms with Crippen molar-refractivity contribution in [2.45, 2.75) is 26.2 Å². The summed E-state index contributed by atoms with van der Waals surface area (Å²) >= 11 is 0. The zero-order chi connectivity index (χ0) is 16.9. The number of aryl methyl sites for hydroxylation is 1. The smallest absolute Gasteiger partial charge is 0.422 e. The van der Waals surface area contributed by atoms with Gasteiger partial charge in [0.25, 0.3) is 0 Å². The molecule has 0 spiro atoms. The second kappa shape index (κ2) is 7.41. The Morgan fingerprint density at radius 2 is 1.87 bits per heavy atom. The van der Waals surface area contributed by atoms with Gasteiger partial charge in [-0.15, -0.1) is 0 Å². The number of rotatable bonds is 7. The highest BCUT2D eigenvalue weighted by molar-refractivity contribution is 5.43. The highest BCUT2D eigenvalue weighted by Gasteiger charge is 2.29. The Morgan fingerprint density at radius 3 is 2.48 bits per heavy atom. The predicted octanol–water partition coefficient (Wildman–Crippen LogP) is 3.83. The number of hydrogen-bond donors (Lipinski definition) is 1. The van der Waals surface area contributed by atoms with Gasteiger partial charge in [0.1, 0.15) is 11.5 Å². The van der Waals surface area contributed by atoms with E-state index in [2.05, 4.69) is 5.32 Å². The summed E-state index contributed by atoms with van der Waals surface area (Å²) in [7, 11) is 1.39. The third-order valence-electron chi connectivity index (χ3n) is 3.04. The molecule has 0 radical (unpaired) electrons. The summed E-state index contributed by atoms with van der Waals surface area (Å²) < 4.78 is 51.9. The first kappa shape index (κ1) is 17.2. The number of ether oxygens (including phenoxy) is 2. The number of nitrogens with one attached hydrogen (secondary N) is 1. The average molecular weight is 329 g/mol. The van der Waals surface area contributed by atoms with E-state index < -0.39 is 12.8 Å². The van der Waals surface area contributed by atoms with E-state index in [4.69, 9.17) is 13.9 Å². The highest BCUT2D eigenvalue weighted by Crippen LogP contribution is 2.29. The van der Waals surface area contributed by atoms with Crippen molar-refractivity contribution in [3.63, 3.8) is 0 Å². The van der Waals surface area contributed by atoms with E-state index in [0.29, 0.717) is 13.1 Å². The SMILES string of the molecule is COc1cc(CNCc2ccc(C)o2)ccc1OCC(F)(F)F. The summed E-state index contributed by atoms with van der Waals surface area (Å²) in [6.07, 6.45) is -4.38. The fraction of sp³-hybridized carbons (Fsp3) is 0.375. The molecule has 0 bridgehead atoms. The van der Waals surface area contributed by atoms with Gasteiger partial charge in [-0.25, -0.2) is 0 Å². The Labute approximate surface area is 132 Å². The highest BCUT2D eigenvalue weighted by atomic mass is 19.4. The Balaban J connectivity index is 1.92. The molecule has 0 amide bonds. The molecule has 1 aromatic heterocycles. The first-order valence-electron chi connectivity index (χ1n) is 7.00. The zero-order valence-electron chi connectivity index (χ0n) is 12.9. The topological polar surface area (TPSA) is 43.6 Å². The van der Waals surface area contributed by atoms with E-state index in [0.717, 1.165) is 17.1 Å². The quantitative estimate of drug-likeness (QED) is 0.838. The van der Waals surface area contributed by atoms with Gasteiger partial charge in [0.05, 0.1) is 13.7 Å². The van der Waals surface area contributed by atoms with E-state index in [1.54, 1.807) is 12.1 Å². The van der Waals surface area contributed by atoms with Crippen molar-refractivity contribution >= 4 is 0 Å². The average Bonchev–Trinajstić information content (AvgIpc) is 2.90. The van der Waals surface area contributed by atoms with E-state index >= 15 is 0 Å². The lowest BCUT2D eigenvalue weighted by atomic mass is 10.2. The van der Waals surface area contributed by atoms with Crippen LogP contribution >= 0.6 is 0 Å². The summed E-state index contributed by atoms with van der Waals surface area (Å²) in [6.45, 7) is 1.60. The van der Waals surface area contributed by atoms with Gasteiger partial charge in [0, 0.05) is 6.54 Å². The number of benzene rings is 1. The number of alkyl halides is 3. The molecular weight excluding hydrogens is 311 g/mol. The van der Waals surface area contributed by atoms with E-state index in [1.807, 2.05) is 19.1 Å². The summed E-state index contributed by atoms with van der Waals surface area (Å²) in [5.74, 6) is 1.99. The molecule has 7 heteroatoms. The number of hydrogen-bond acceptors (Lipinski definition) is 4. The predicted molar refractivity (Wildman–Crippen MR) is 78.5 cm³/mol. The van der Waals surface area contributed by atoms with Crippen molar-refractivity contribution in [3.05, 3.63) is 47.4 Å². The molecule has 2 aromatic rings. The zero-order valence-corrected chi connectivity index (χ0v) is 12.9. The first-order valence-corrected chi connectivity index (χ1v) is 7.00. The van der Waals surface area contributed by atoms with Crippen LogP contribution in [0.25, 0.3) is 0 Å². The fourth-order valence-electron chi connectivity index (χ4n) is 2.01. The second-order valence-corrected chi connectivity index (χ2v) is 5.00. The lowest BCUT2D eigenvalue weighted by Crippen LogP contribution is -2.19. The van der Waals surface area contributed by atoms with Crippen LogP contribution in [-0.4, -0.2) is 19.9 Å². The molecule has 0 saturated heterocycles. The maximum absolute atomic E-state index is 12.2. The second-order valence-electron chi connectivity index (χ2n) is 5.00. The maximum Gasteiger partial charge on any atom is 0.422 e. The summed E-state index contributed by atoms with van der Waals surface area (Å²) in [6, 6.07) is 8.57. The Bertz CT molecular complexity index is 638. The Kier molecular flexibility index (Phi) is 5.54. The monoisotopic (exact) mass is 329 g/mol. The van der Waals surface area contributed by atoms with Crippen LogP contribution in [0.1, 0.15) is 17.1 Å². The third-order valence-corrected chi connectivity index (χ3v) is 3.04. The molecule has 4 nitrogen and oxygen atoms in total. The molecule has 126 valence electrons. The summed E-state index contributed by atoms with van der Waals surface area (Å²) in [4.78, 5) is 0. The van der Waals surface area contributed by atoms with E-state index in [9.17, 15) is 13.2 Å². The number of halogens is 3. The normalized spacial score (nSPS) is 11.5. The molecule has 0 unspecified atom stereocenters. The molecule has 0 atom stereocenters. The van der Waals surface area contributed by atoms with Crippen LogP contribution in [0.3, 0.4) is 0 Å². The minimum atomic E-state index is -4.38. The third kappa shape index (κ3) is 5.52. The number of furan rings is 1. The van der Waals surface area contributed by atoms with Crippen molar-refractivity contribution in [3.8, 4) is 11.5 Å². The van der Waals surface area contributed by atoms with Gasteiger partial charge in [0.15, 0.2) is 18.1 Å². The van der Waals surface area contributed by atoms with Gasteiger partial charge in [-0.1, -0.05) is 6.07 Å². The molecule has 0 fully saturated rings. The van der Waals surface area contributed by atoms with Crippen LogP contribution in [0.15, 0.2) is 34.7 Å². The number of methoxy groups -OCH3 is 1. The van der Waals surface area contributed by atoms with Gasteiger partial charge in [0.2, 0.25) is 0 Å². The van der Waals surface area contributed by atoms with Gasteiger partial charge in [-0.2, -0.15) is 13.2 Å². The molecule has 23 heavy (non-hydrogen) atoms. The van der Waals surface area contributed by atoms with Crippen LogP contribution in [-0.2, 0) is 13.1 Å². The molecule has 2 rings (SSSR count). The van der Waals surface area contributed by atoms with Gasteiger partial charge >= 0.3 is 6.18 Å². The minimum Gasteiger partial charge on any atom is -0.493 e. The fourth-order valence-corrected chi connectivity index (χ4v) is 2.01. The Morgan fingerprint density at radius 1 is 1.09 bits per heavy atom. The Hall–Kier alpha value is -2.15. The van der Waals surface area contributed by atoms with Crippen LogP contribution in [0.5, 0.6) is 11.5 Å². The van der Waals surface area contributed by atoms with Gasteiger partial charge in [-0.3, -0.25) is 0 Å². The molecular formula is C16H18F3NO3.